The third kappa shape index (κ3) is 1.52. The van der Waals surface area contributed by atoms with Gasteiger partial charge < -0.3 is 0 Å². The summed E-state index contributed by atoms with van der Waals surface area (Å²) in [6.45, 7) is 0. The lowest BCUT2D eigenvalue weighted by molar-refractivity contribution is 0.112. The van der Waals surface area contributed by atoms with Crippen LogP contribution in [0, 0.1) is 0 Å². The van der Waals surface area contributed by atoms with Gasteiger partial charge in [-0.05, 0) is 24.3 Å². The van der Waals surface area contributed by atoms with E-state index >= 15 is 0 Å². The van der Waals surface area contributed by atoms with E-state index in [9.17, 15) is 4.79 Å². The molecule has 0 amide bonds. The fourth-order valence-electron chi connectivity index (χ4n) is 1.26. The highest BCUT2D eigenvalue weighted by Gasteiger charge is 2.03. The molecular weight excluding hydrogens is 176 g/mol. The van der Waals surface area contributed by atoms with Crippen LogP contribution in [0.25, 0.3) is 11.3 Å². The number of pyridine rings is 2. The molecule has 0 fully saturated rings. The monoisotopic (exact) mass is 184 g/mol. The van der Waals surface area contributed by atoms with Gasteiger partial charge in [0.2, 0.25) is 0 Å². The molecule has 0 aromatic carbocycles. The second-order valence-corrected chi connectivity index (χ2v) is 2.80. The lowest BCUT2D eigenvalue weighted by Gasteiger charge is -2.01. The van der Waals surface area contributed by atoms with Gasteiger partial charge in [0.1, 0.15) is 0 Å². The number of aldehydes is 1. The molecule has 0 saturated heterocycles. The van der Waals surface area contributed by atoms with Gasteiger partial charge in [-0.25, -0.2) is 0 Å². The first-order chi connectivity index (χ1) is 6.92. The number of hydrogen-bond acceptors (Lipinski definition) is 3. The Labute approximate surface area is 81.5 Å². The number of nitrogens with zero attached hydrogens (tertiary/aromatic N) is 2. The van der Waals surface area contributed by atoms with E-state index in [-0.39, 0.29) is 0 Å². The Hall–Kier alpha value is -2.03. The molecule has 68 valence electrons. The van der Waals surface area contributed by atoms with Crippen molar-refractivity contribution in [3.8, 4) is 11.3 Å². The van der Waals surface area contributed by atoms with E-state index in [0.717, 1.165) is 11.8 Å². The Morgan fingerprint density at radius 2 is 2.00 bits per heavy atom. The molecule has 0 saturated carbocycles. The number of aromatic nitrogens is 2. The van der Waals surface area contributed by atoms with Crippen LogP contribution in [0.2, 0.25) is 0 Å². The maximum atomic E-state index is 10.7. The third-order valence-electron chi connectivity index (χ3n) is 1.90. The summed E-state index contributed by atoms with van der Waals surface area (Å²) in [6.07, 6.45) is 5.84. The van der Waals surface area contributed by atoms with Gasteiger partial charge in [0.25, 0.3) is 0 Å². The number of carbonyl (C=O) groups is 1. The molecular formula is C11H8N2O. The second kappa shape index (κ2) is 3.79. The summed E-state index contributed by atoms with van der Waals surface area (Å²) in [5.74, 6) is 0. The van der Waals surface area contributed by atoms with Crippen LogP contribution >= 0.6 is 0 Å². The molecule has 2 aromatic heterocycles. The molecule has 0 spiro atoms. The van der Waals surface area contributed by atoms with Crippen LogP contribution in [0.15, 0.2) is 42.9 Å². The van der Waals surface area contributed by atoms with Crippen LogP contribution in [-0.4, -0.2) is 16.3 Å². The van der Waals surface area contributed by atoms with Gasteiger partial charge in [0.15, 0.2) is 6.29 Å². The summed E-state index contributed by atoms with van der Waals surface area (Å²) in [5.41, 5.74) is 2.12. The largest absolute Gasteiger partial charge is 0.298 e. The zero-order valence-electron chi connectivity index (χ0n) is 7.42. The summed E-state index contributed by atoms with van der Waals surface area (Å²) in [7, 11) is 0. The topological polar surface area (TPSA) is 42.9 Å². The lowest BCUT2D eigenvalue weighted by atomic mass is 10.1. The molecule has 0 radical (unpaired) electrons. The molecule has 14 heavy (non-hydrogen) atoms. The summed E-state index contributed by atoms with van der Waals surface area (Å²) >= 11 is 0. The molecule has 0 bridgehead atoms. The smallest absolute Gasteiger partial charge is 0.152 e. The predicted octanol–water partition coefficient (Wildman–Crippen LogP) is 1.96. The van der Waals surface area contributed by atoms with Gasteiger partial charge in [0, 0.05) is 29.7 Å². The van der Waals surface area contributed by atoms with Crippen molar-refractivity contribution in [3.63, 3.8) is 0 Å². The van der Waals surface area contributed by atoms with Crippen molar-refractivity contribution in [2.24, 2.45) is 0 Å². The predicted molar refractivity (Wildman–Crippen MR) is 52.9 cm³/mol. The maximum Gasteiger partial charge on any atom is 0.152 e. The van der Waals surface area contributed by atoms with Crippen LogP contribution < -0.4 is 0 Å². The van der Waals surface area contributed by atoms with Crippen molar-refractivity contribution in [3.05, 3.63) is 48.4 Å². The van der Waals surface area contributed by atoms with Crippen molar-refractivity contribution < 1.29 is 4.79 Å². The van der Waals surface area contributed by atoms with Gasteiger partial charge >= 0.3 is 0 Å². The minimum Gasteiger partial charge on any atom is -0.298 e. The minimum absolute atomic E-state index is 0.584. The summed E-state index contributed by atoms with van der Waals surface area (Å²) < 4.78 is 0. The molecule has 2 rings (SSSR count). The van der Waals surface area contributed by atoms with Crippen molar-refractivity contribution in [2.75, 3.05) is 0 Å². The van der Waals surface area contributed by atoms with E-state index in [1.165, 1.54) is 0 Å². The maximum absolute atomic E-state index is 10.7. The molecule has 0 aliphatic rings. The van der Waals surface area contributed by atoms with Crippen molar-refractivity contribution >= 4 is 6.29 Å². The van der Waals surface area contributed by atoms with Crippen LogP contribution in [0.1, 0.15) is 10.4 Å². The molecule has 2 aromatic rings. The third-order valence-corrected chi connectivity index (χ3v) is 1.90. The van der Waals surface area contributed by atoms with E-state index in [4.69, 9.17) is 0 Å². The highest BCUT2D eigenvalue weighted by Crippen LogP contribution is 2.17. The number of rotatable bonds is 2. The summed E-state index contributed by atoms with van der Waals surface area (Å²) in [4.78, 5) is 18.9. The van der Waals surface area contributed by atoms with Gasteiger partial charge in [0.05, 0.1) is 5.69 Å². The molecule has 0 N–H and O–H groups in total. The quantitative estimate of drug-likeness (QED) is 0.670. The van der Waals surface area contributed by atoms with Crippen molar-refractivity contribution in [1.82, 2.24) is 9.97 Å². The van der Waals surface area contributed by atoms with Gasteiger partial charge in [-0.1, -0.05) is 0 Å². The SMILES string of the molecule is O=Cc1cccnc1-c1cccnc1. The standard InChI is InChI=1S/C11H8N2O/c14-8-10-4-2-6-13-11(10)9-3-1-5-12-7-9/h1-8H. The van der Waals surface area contributed by atoms with Crippen LogP contribution in [-0.2, 0) is 0 Å². The number of carbonyl (C=O) groups excluding carboxylic acids is 1. The van der Waals surface area contributed by atoms with E-state index in [1.54, 1.807) is 30.7 Å². The molecule has 3 nitrogen and oxygen atoms in total. The Morgan fingerprint density at radius 1 is 1.14 bits per heavy atom. The van der Waals surface area contributed by atoms with E-state index in [0.29, 0.717) is 11.3 Å². The van der Waals surface area contributed by atoms with Gasteiger partial charge in [-0.2, -0.15) is 0 Å². The Balaban J connectivity index is 2.57. The average molecular weight is 184 g/mol. The lowest BCUT2D eigenvalue weighted by Crippen LogP contribution is -1.90. The Kier molecular flexibility index (Phi) is 2.32. The van der Waals surface area contributed by atoms with Crippen LogP contribution in [0.5, 0.6) is 0 Å². The molecule has 0 aliphatic carbocycles. The average Bonchev–Trinajstić information content (AvgIpc) is 2.30. The van der Waals surface area contributed by atoms with Gasteiger partial charge in [-0.3, -0.25) is 14.8 Å². The van der Waals surface area contributed by atoms with Crippen LogP contribution in [0.3, 0.4) is 0 Å². The first-order valence-electron chi connectivity index (χ1n) is 4.22. The van der Waals surface area contributed by atoms with Gasteiger partial charge in [-0.15, -0.1) is 0 Å². The normalized spacial score (nSPS) is 9.71. The Morgan fingerprint density at radius 3 is 2.71 bits per heavy atom. The van der Waals surface area contributed by atoms with E-state index < -0.39 is 0 Å². The van der Waals surface area contributed by atoms with Crippen molar-refractivity contribution in [2.45, 2.75) is 0 Å². The molecule has 2 heterocycles. The van der Waals surface area contributed by atoms with Crippen molar-refractivity contribution in [1.29, 1.82) is 0 Å². The molecule has 0 atom stereocenters. The molecule has 0 aliphatic heterocycles. The highest BCUT2D eigenvalue weighted by atomic mass is 16.1. The zero-order chi connectivity index (χ0) is 9.80. The summed E-state index contributed by atoms with van der Waals surface area (Å²) in [6, 6.07) is 7.17. The Bertz CT molecular complexity index is 440. The van der Waals surface area contributed by atoms with E-state index in [1.807, 2.05) is 12.1 Å². The first kappa shape index (κ1) is 8.56. The highest BCUT2D eigenvalue weighted by molar-refractivity contribution is 5.85. The first-order valence-corrected chi connectivity index (χ1v) is 4.22. The summed E-state index contributed by atoms with van der Waals surface area (Å²) in [5, 5.41) is 0. The van der Waals surface area contributed by atoms with Crippen LogP contribution in [0.4, 0.5) is 0 Å². The molecule has 0 unspecified atom stereocenters. The minimum atomic E-state index is 0.584. The zero-order valence-corrected chi connectivity index (χ0v) is 7.42. The number of hydrogen-bond donors (Lipinski definition) is 0. The molecule has 3 heteroatoms. The van der Waals surface area contributed by atoms with E-state index in [2.05, 4.69) is 9.97 Å². The fraction of sp³-hybridized carbons (Fsp3) is 0. The second-order valence-electron chi connectivity index (χ2n) is 2.80. The fourth-order valence-corrected chi connectivity index (χ4v) is 1.26.